The molecular weight excluding hydrogens is 222 g/mol. The molecule has 1 unspecified atom stereocenters. The van der Waals surface area contributed by atoms with E-state index >= 15 is 0 Å². The quantitative estimate of drug-likeness (QED) is 0.837. The Labute approximate surface area is 110 Å². The average Bonchev–Trinajstić information content (AvgIpc) is 2.38. The minimum Gasteiger partial charge on any atom is -0.380 e. The largest absolute Gasteiger partial charge is 0.380 e. The summed E-state index contributed by atoms with van der Waals surface area (Å²) in [5.41, 5.74) is 2.78. The summed E-state index contributed by atoms with van der Waals surface area (Å²) in [6.07, 6.45) is 0. The van der Waals surface area contributed by atoms with Crippen LogP contribution in [0.15, 0.2) is 18.2 Å². The van der Waals surface area contributed by atoms with Gasteiger partial charge in [0.2, 0.25) is 0 Å². The summed E-state index contributed by atoms with van der Waals surface area (Å²) < 4.78 is 0. The molecule has 0 saturated heterocycles. The molecule has 3 nitrogen and oxygen atoms in total. The maximum absolute atomic E-state index is 9.13. The van der Waals surface area contributed by atoms with Gasteiger partial charge in [0, 0.05) is 12.6 Å². The zero-order valence-electron chi connectivity index (χ0n) is 11.8. The molecule has 0 fully saturated rings. The summed E-state index contributed by atoms with van der Waals surface area (Å²) in [7, 11) is 0. The van der Waals surface area contributed by atoms with Gasteiger partial charge in [0.15, 0.2) is 0 Å². The lowest BCUT2D eigenvalue weighted by atomic mass is 10.1. The fourth-order valence-corrected chi connectivity index (χ4v) is 2.06. The van der Waals surface area contributed by atoms with Crippen LogP contribution in [0.5, 0.6) is 0 Å². The molecule has 1 N–H and O–H groups in total. The second-order valence-electron chi connectivity index (χ2n) is 4.69. The molecular formula is C15H23N3. The number of aryl methyl sites for hydroxylation is 1. The minimum absolute atomic E-state index is 0.333. The Balaban J connectivity index is 2.70. The summed E-state index contributed by atoms with van der Waals surface area (Å²) in [6, 6.07) is 8.53. The molecule has 0 radical (unpaired) electrons. The standard InChI is InChI=1S/C15H23N3/c1-5-18(6-2)11-13(4)17-15-8-7-12(3)9-14(15)10-16/h7-9,13,17H,5-6,11H2,1-4H3. The smallest absolute Gasteiger partial charge is 0.101 e. The maximum Gasteiger partial charge on any atom is 0.101 e. The Hall–Kier alpha value is -1.53. The number of likely N-dealkylation sites (N-methyl/N-ethyl adjacent to an activating group) is 1. The highest BCUT2D eigenvalue weighted by Crippen LogP contribution is 2.17. The van der Waals surface area contributed by atoms with E-state index < -0.39 is 0 Å². The lowest BCUT2D eigenvalue weighted by molar-refractivity contribution is 0.295. The normalized spacial score (nSPS) is 12.2. The zero-order chi connectivity index (χ0) is 13.5. The summed E-state index contributed by atoms with van der Waals surface area (Å²) in [6.45, 7) is 11.6. The van der Waals surface area contributed by atoms with Gasteiger partial charge in [-0.15, -0.1) is 0 Å². The van der Waals surface area contributed by atoms with Crippen LogP contribution in [0.3, 0.4) is 0 Å². The summed E-state index contributed by atoms with van der Waals surface area (Å²) in [5, 5.41) is 12.6. The topological polar surface area (TPSA) is 39.1 Å². The van der Waals surface area contributed by atoms with Crippen molar-refractivity contribution < 1.29 is 0 Å². The van der Waals surface area contributed by atoms with Crippen molar-refractivity contribution in [2.45, 2.75) is 33.7 Å². The molecule has 0 aliphatic rings. The van der Waals surface area contributed by atoms with E-state index in [1.165, 1.54) is 0 Å². The van der Waals surface area contributed by atoms with Crippen molar-refractivity contribution in [2.24, 2.45) is 0 Å². The fourth-order valence-electron chi connectivity index (χ4n) is 2.06. The highest BCUT2D eigenvalue weighted by Gasteiger charge is 2.09. The van der Waals surface area contributed by atoms with Crippen molar-refractivity contribution in [1.29, 1.82) is 5.26 Å². The highest BCUT2D eigenvalue weighted by atomic mass is 15.1. The molecule has 1 atom stereocenters. The van der Waals surface area contributed by atoms with Gasteiger partial charge < -0.3 is 10.2 Å². The van der Waals surface area contributed by atoms with E-state index in [1.54, 1.807) is 0 Å². The van der Waals surface area contributed by atoms with Crippen LogP contribution in [0, 0.1) is 18.3 Å². The van der Waals surface area contributed by atoms with Gasteiger partial charge in [-0.1, -0.05) is 19.9 Å². The van der Waals surface area contributed by atoms with Crippen LogP contribution in [0.25, 0.3) is 0 Å². The van der Waals surface area contributed by atoms with E-state index in [0.29, 0.717) is 6.04 Å². The van der Waals surface area contributed by atoms with Crippen LogP contribution in [-0.4, -0.2) is 30.6 Å². The van der Waals surface area contributed by atoms with Crippen molar-refractivity contribution in [3.05, 3.63) is 29.3 Å². The first-order valence-electron chi connectivity index (χ1n) is 6.60. The summed E-state index contributed by atoms with van der Waals surface area (Å²) in [5.74, 6) is 0. The zero-order valence-corrected chi connectivity index (χ0v) is 11.8. The molecule has 0 aliphatic carbocycles. The van der Waals surface area contributed by atoms with Crippen LogP contribution in [0.1, 0.15) is 31.9 Å². The Morgan fingerprint density at radius 1 is 1.33 bits per heavy atom. The van der Waals surface area contributed by atoms with Gasteiger partial charge >= 0.3 is 0 Å². The van der Waals surface area contributed by atoms with E-state index in [1.807, 2.05) is 25.1 Å². The summed E-state index contributed by atoms with van der Waals surface area (Å²) in [4.78, 5) is 2.37. The Bertz CT molecular complexity index is 416. The van der Waals surface area contributed by atoms with Gasteiger partial charge in [-0.3, -0.25) is 0 Å². The third-order valence-electron chi connectivity index (χ3n) is 3.12. The number of nitrogens with zero attached hydrogens (tertiary/aromatic N) is 2. The fraction of sp³-hybridized carbons (Fsp3) is 0.533. The first-order valence-corrected chi connectivity index (χ1v) is 6.60. The van der Waals surface area contributed by atoms with Gasteiger partial charge in [-0.05, 0) is 44.6 Å². The molecule has 0 spiro atoms. The first-order chi connectivity index (χ1) is 8.60. The second-order valence-corrected chi connectivity index (χ2v) is 4.69. The van der Waals surface area contributed by atoms with Gasteiger partial charge in [0.25, 0.3) is 0 Å². The number of hydrogen-bond donors (Lipinski definition) is 1. The molecule has 0 bridgehead atoms. The third kappa shape index (κ3) is 4.05. The Morgan fingerprint density at radius 2 is 2.00 bits per heavy atom. The van der Waals surface area contributed by atoms with Crippen molar-refractivity contribution in [3.63, 3.8) is 0 Å². The number of nitriles is 1. The van der Waals surface area contributed by atoms with Crippen LogP contribution >= 0.6 is 0 Å². The van der Waals surface area contributed by atoms with Gasteiger partial charge in [-0.2, -0.15) is 5.26 Å². The molecule has 0 amide bonds. The number of anilines is 1. The van der Waals surface area contributed by atoms with Crippen molar-refractivity contribution in [2.75, 3.05) is 25.0 Å². The predicted molar refractivity (Wildman–Crippen MR) is 76.8 cm³/mol. The predicted octanol–water partition coefficient (Wildman–Crippen LogP) is 3.01. The van der Waals surface area contributed by atoms with E-state index in [-0.39, 0.29) is 0 Å². The average molecular weight is 245 g/mol. The lowest BCUT2D eigenvalue weighted by Gasteiger charge is -2.24. The Morgan fingerprint density at radius 3 is 2.56 bits per heavy atom. The molecule has 0 aliphatic heterocycles. The first kappa shape index (κ1) is 14.5. The van der Waals surface area contributed by atoms with Gasteiger partial charge in [0.05, 0.1) is 11.3 Å². The van der Waals surface area contributed by atoms with E-state index in [0.717, 1.165) is 36.4 Å². The molecule has 3 heteroatoms. The van der Waals surface area contributed by atoms with E-state index in [2.05, 4.69) is 37.1 Å². The Kier molecular flexibility index (Phi) is 5.67. The second kappa shape index (κ2) is 7.03. The van der Waals surface area contributed by atoms with E-state index in [9.17, 15) is 0 Å². The maximum atomic E-state index is 9.13. The SMILES string of the molecule is CCN(CC)CC(C)Nc1ccc(C)cc1C#N. The van der Waals surface area contributed by atoms with Crippen LogP contribution in [0.4, 0.5) is 5.69 Å². The molecule has 1 aromatic rings. The molecule has 0 aromatic heterocycles. The number of rotatable bonds is 6. The third-order valence-corrected chi connectivity index (χ3v) is 3.12. The van der Waals surface area contributed by atoms with Crippen LogP contribution < -0.4 is 5.32 Å². The lowest BCUT2D eigenvalue weighted by Crippen LogP contribution is -2.34. The van der Waals surface area contributed by atoms with Crippen molar-refractivity contribution in [1.82, 2.24) is 4.90 Å². The van der Waals surface area contributed by atoms with Crippen LogP contribution in [-0.2, 0) is 0 Å². The molecule has 1 aromatic carbocycles. The monoisotopic (exact) mass is 245 g/mol. The molecule has 1 rings (SSSR count). The van der Waals surface area contributed by atoms with Gasteiger partial charge in [-0.25, -0.2) is 0 Å². The number of benzene rings is 1. The van der Waals surface area contributed by atoms with Crippen LogP contribution in [0.2, 0.25) is 0 Å². The van der Waals surface area contributed by atoms with E-state index in [4.69, 9.17) is 5.26 Å². The highest BCUT2D eigenvalue weighted by molar-refractivity contribution is 5.58. The van der Waals surface area contributed by atoms with Crippen molar-refractivity contribution in [3.8, 4) is 6.07 Å². The minimum atomic E-state index is 0.333. The number of hydrogen-bond acceptors (Lipinski definition) is 3. The summed E-state index contributed by atoms with van der Waals surface area (Å²) >= 11 is 0. The van der Waals surface area contributed by atoms with Crippen molar-refractivity contribution >= 4 is 5.69 Å². The molecule has 0 heterocycles. The molecule has 0 saturated carbocycles. The molecule has 18 heavy (non-hydrogen) atoms. The molecule has 98 valence electrons. The van der Waals surface area contributed by atoms with Gasteiger partial charge in [0.1, 0.15) is 6.07 Å². The number of nitrogens with one attached hydrogen (secondary N) is 1.